The molecular formula is C24H21N5O2. The normalized spacial score (nSPS) is 22.3. The number of aromatic amines is 1. The van der Waals surface area contributed by atoms with E-state index in [1.807, 2.05) is 72.4 Å². The van der Waals surface area contributed by atoms with Gasteiger partial charge < -0.3 is 19.8 Å². The van der Waals surface area contributed by atoms with Crippen LogP contribution in [0.15, 0.2) is 67.0 Å². The average molecular weight is 411 g/mol. The largest absolute Gasteiger partial charge is 0.351 e. The summed E-state index contributed by atoms with van der Waals surface area (Å²) in [6.07, 6.45) is 4.11. The minimum atomic E-state index is -0.864. The van der Waals surface area contributed by atoms with Crippen molar-refractivity contribution in [1.82, 2.24) is 19.4 Å². The Morgan fingerprint density at radius 3 is 2.77 bits per heavy atom. The van der Waals surface area contributed by atoms with Gasteiger partial charge in [-0.15, -0.1) is 0 Å². The summed E-state index contributed by atoms with van der Waals surface area (Å²) < 4.78 is 1.90. The monoisotopic (exact) mass is 411 g/mol. The predicted molar refractivity (Wildman–Crippen MR) is 117 cm³/mol. The van der Waals surface area contributed by atoms with E-state index in [9.17, 15) is 9.59 Å². The molecule has 2 aromatic carbocycles. The molecule has 2 aromatic heterocycles. The number of aryl methyl sites for hydroxylation is 1. The van der Waals surface area contributed by atoms with Crippen molar-refractivity contribution in [3.63, 3.8) is 0 Å². The molecule has 6 rings (SSSR count). The van der Waals surface area contributed by atoms with E-state index in [4.69, 9.17) is 0 Å². The van der Waals surface area contributed by atoms with Crippen molar-refractivity contribution in [3.8, 4) is 0 Å². The van der Waals surface area contributed by atoms with Crippen molar-refractivity contribution in [3.05, 3.63) is 84.1 Å². The lowest BCUT2D eigenvalue weighted by molar-refractivity contribution is -0.121. The van der Waals surface area contributed by atoms with Gasteiger partial charge in [0.2, 0.25) is 5.91 Å². The quantitative estimate of drug-likeness (QED) is 0.530. The highest BCUT2D eigenvalue weighted by molar-refractivity contribution is 6.08. The second-order valence-corrected chi connectivity index (χ2v) is 8.29. The van der Waals surface area contributed by atoms with E-state index in [1.54, 1.807) is 11.1 Å². The third-order valence-corrected chi connectivity index (χ3v) is 6.71. The lowest BCUT2D eigenvalue weighted by Crippen LogP contribution is -2.43. The molecule has 2 aliphatic heterocycles. The zero-order valence-corrected chi connectivity index (χ0v) is 17.0. The second-order valence-electron chi connectivity index (χ2n) is 8.29. The van der Waals surface area contributed by atoms with E-state index in [1.165, 1.54) is 0 Å². The first kappa shape index (κ1) is 17.9. The number of carbonyl (C=O) groups excluding carboxylic acids is 2. The minimum Gasteiger partial charge on any atom is -0.351 e. The molecule has 1 spiro atoms. The lowest BCUT2D eigenvalue weighted by atomic mass is 9.74. The Balaban J connectivity index is 1.51. The molecule has 4 aromatic rings. The number of benzene rings is 2. The van der Waals surface area contributed by atoms with Gasteiger partial charge >= 0.3 is 0 Å². The maximum Gasteiger partial charge on any atom is 0.270 e. The SMILES string of the molecule is Cn1ccnc1[C@@H]1N(C(=O)c2cc3ccccc3[nH]2)CC[C@]12C(=O)Nc1ccccc12. The van der Waals surface area contributed by atoms with Crippen LogP contribution in [-0.4, -0.2) is 37.8 Å². The molecule has 0 bridgehead atoms. The number of fused-ring (bicyclic) bond motifs is 3. The number of amides is 2. The fourth-order valence-electron chi connectivity index (χ4n) is 5.25. The summed E-state index contributed by atoms with van der Waals surface area (Å²) >= 11 is 0. The molecule has 0 radical (unpaired) electrons. The highest BCUT2D eigenvalue weighted by Gasteiger charge is 2.60. The van der Waals surface area contributed by atoms with Crippen LogP contribution in [-0.2, 0) is 17.3 Å². The van der Waals surface area contributed by atoms with Crippen molar-refractivity contribution in [2.75, 3.05) is 11.9 Å². The average Bonchev–Trinajstić information content (AvgIpc) is 3.54. The molecule has 7 heteroatoms. The molecule has 2 N–H and O–H groups in total. The molecule has 4 heterocycles. The number of likely N-dealkylation sites (tertiary alicyclic amines) is 1. The number of nitrogens with zero attached hydrogens (tertiary/aromatic N) is 3. The standard InChI is InChI=1S/C24H21N5O2/c1-28-13-11-25-21(28)20-24(16-7-3-5-9-18(16)27-23(24)31)10-12-29(20)22(30)19-14-15-6-2-4-8-17(15)26-19/h2-9,11,13-14,20,26H,10,12H2,1H3,(H,27,31)/t20-,24+/m0/s1. The number of anilines is 1. The molecule has 7 nitrogen and oxygen atoms in total. The van der Waals surface area contributed by atoms with Crippen molar-refractivity contribution in [1.29, 1.82) is 0 Å². The van der Waals surface area contributed by atoms with Gasteiger partial charge in [-0.05, 0) is 30.2 Å². The van der Waals surface area contributed by atoms with Gasteiger partial charge in [-0.2, -0.15) is 0 Å². The van der Waals surface area contributed by atoms with Crippen LogP contribution >= 0.6 is 0 Å². The molecule has 31 heavy (non-hydrogen) atoms. The Hall–Kier alpha value is -3.87. The fraction of sp³-hybridized carbons (Fsp3) is 0.208. The molecule has 2 aliphatic rings. The van der Waals surface area contributed by atoms with E-state index in [-0.39, 0.29) is 11.8 Å². The number of nitrogens with one attached hydrogen (secondary N) is 2. The maximum absolute atomic E-state index is 13.7. The van der Waals surface area contributed by atoms with Crippen LogP contribution in [0.25, 0.3) is 10.9 Å². The number of carbonyl (C=O) groups is 2. The summed E-state index contributed by atoms with van der Waals surface area (Å²) in [6, 6.07) is 16.9. The van der Waals surface area contributed by atoms with Crippen LogP contribution in [0.3, 0.4) is 0 Å². The van der Waals surface area contributed by atoms with Crippen LogP contribution in [0.1, 0.15) is 34.3 Å². The molecule has 2 atom stereocenters. The third-order valence-electron chi connectivity index (χ3n) is 6.71. The van der Waals surface area contributed by atoms with Crippen LogP contribution in [0.2, 0.25) is 0 Å². The van der Waals surface area contributed by atoms with Crippen LogP contribution in [0, 0.1) is 0 Å². The first-order valence-electron chi connectivity index (χ1n) is 10.4. The number of hydrogen-bond donors (Lipinski definition) is 2. The molecule has 0 aliphatic carbocycles. The van der Waals surface area contributed by atoms with Gasteiger partial charge in [-0.3, -0.25) is 9.59 Å². The number of hydrogen-bond acceptors (Lipinski definition) is 3. The molecule has 2 amide bonds. The van der Waals surface area contributed by atoms with Crippen molar-refractivity contribution < 1.29 is 9.59 Å². The van der Waals surface area contributed by atoms with Crippen LogP contribution < -0.4 is 5.32 Å². The van der Waals surface area contributed by atoms with Gasteiger partial charge in [-0.25, -0.2) is 4.98 Å². The van der Waals surface area contributed by atoms with E-state index in [2.05, 4.69) is 15.3 Å². The van der Waals surface area contributed by atoms with Gasteiger partial charge in [-0.1, -0.05) is 36.4 Å². The van der Waals surface area contributed by atoms with Crippen molar-refractivity contribution in [2.24, 2.45) is 7.05 Å². The number of aromatic nitrogens is 3. The number of para-hydroxylation sites is 2. The summed E-state index contributed by atoms with van der Waals surface area (Å²) in [6.45, 7) is 0.466. The smallest absolute Gasteiger partial charge is 0.270 e. The number of H-pyrrole nitrogens is 1. The molecule has 1 saturated heterocycles. The Bertz CT molecular complexity index is 1320. The Morgan fingerprint density at radius 2 is 1.97 bits per heavy atom. The highest BCUT2D eigenvalue weighted by Crippen LogP contribution is 2.54. The van der Waals surface area contributed by atoms with E-state index < -0.39 is 11.5 Å². The minimum absolute atomic E-state index is 0.0753. The Kier molecular flexibility index (Phi) is 3.65. The van der Waals surface area contributed by atoms with Crippen LogP contribution in [0.4, 0.5) is 5.69 Å². The molecule has 154 valence electrons. The topological polar surface area (TPSA) is 83.0 Å². The van der Waals surface area contributed by atoms with Gasteiger partial charge in [0.15, 0.2) is 0 Å². The predicted octanol–water partition coefficient (Wildman–Crippen LogP) is 3.38. The summed E-state index contributed by atoms with van der Waals surface area (Å²) in [5, 5.41) is 4.02. The fourth-order valence-corrected chi connectivity index (χ4v) is 5.25. The van der Waals surface area contributed by atoms with Gasteiger partial charge in [0.25, 0.3) is 5.91 Å². The Labute approximate surface area is 178 Å². The number of rotatable bonds is 2. The highest BCUT2D eigenvalue weighted by atomic mass is 16.2. The maximum atomic E-state index is 13.7. The zero-order chi connectivity index (χ0) is 21.2. The van der Waals surface area contributed by atoms with E-state index in [0.29, 0.717) is 24.5 Å². The summed E-state index contributed by atoms with van der Waals surface area (Å²) in [7, 11) is 1.90. The summed E-state index contributed by atoms with van der Waals surface area (Å²) in [5.41, 5.74) is 2.31. The van der Waals surface area contributed by atoms with Crippen molar-refractivity contribution in [2.45, 2.75) is 17.9 Å². The lowest BCUT2D eigenvalue weighted by Gasteiger charge is -2.33. The summed E-state index contributed by atoms with van der Waals surface area (Å²) in [5.74, 6) is 0.501. The van der Waals surface area contributed by atoms with Crippen molar-refractivity contribution >= 4 is 28.4 Å². The number of imidazole rings is 1. The van der Waals surface area contributed by atoms with Gasteiger partial charge in [0.1, 0.15) is 23.0 Å². The third kappa shape index (κ3) is 2.37. The molecule has 0 unspecified atom stereocenters. The van der Waals surface area contributed by atoms with Gasteiger partial charge in [0, 0.05) is 42.6 Å². The molecular weight excluding hydrogens is 390 g/mol. The first-order valence-corrected chi connectivity index (χ1v) is 10.4. The Morgan fingerprint density at radius 1 is 1.16 bits per heavy atom. The summed E-state index contributed by atoms with van der Waals surface area (Å²) in [4.78, 5) is 36.8. The molecule has 1 fully saturated rings. The second kappa shape index (κ2) is 6.31. The van der Waals surface area contributed by atoms with Crippen LogP contribution in [0.5, 0.6) is 0 Å². The first-order chi connectivity index (χ1) is 15.1. The zero-order valence-electron chi connectivity index (χ0n) is 17.0. The molecule has 0 saturated carbocycles. The van der Waals surface area contributed by atoms with Gasteiger partial charge in [0.05, 0.1) is 0 Å². The van der Waals surface area contributed by atoms with E-state index >= 15 is 0 Å². The van der Waals surface area contributed by atoms with E-state index in [0.717, 1.165) is 22.2 Å².